The van der Waals surface area contributed by atoms with Crippen LogP contribution in [0.25, 0.3) is 6.08 Å². The van der Waals surface area contributed by atoms with Crippen molar-refractivity contribution < 1.29 is 9.21 Å². The molecule has 1 N–H and O–H groups in total. The molecule has 0 radical (unpaired) electrons. The number of aromatic nitrogens is 2. The minimum Gasteiger partial charge on any atom is -0.465 e. The summed E-state index contributed by atoms with van der Waals surface area (Å²) in [5, 5.41) is 3.23. The second kappa shape index (κ2) is 9.19. The number of furan rings is 1. The van der Waals surface area contributed by atoms with Gasteiger partial charge in [-0.05, 0) is 73.2 Å². The van der Waals surface area contributed by atoms with E-state index in [2.05, 4.69) is 21.4 Å². The summed E-state index contributed by atoms with van der Waals surface area (Å²) in [5.41, 5.74) is 1.21. The molecule has 1 aliphatic rings. The molecule has 1 amide bonds. The Balaban J connectivity index is 1.35. The monoisotopic (exact) mass is 388 g/mol. The van der Waals surface area contributed by atoms with Gasteiger partial charge in [-0.1, -0.05) is 6.07 Å². The zero-order valence-corrected chi connectivity index (χ0v) is 16.2. The molecule has 1 atom stereocenters. The van der Waals surface area contributed by atoms with E-state index < -0.39 is 0 Å². The topological polar surface area (TPSA) is 71.3 Å². The lowest BCUT2D eigenvalue weighted by Gasteiger charge is -2.32. The first-order chi connectivity index (χ1) is 14.3. The van der Waals surface area contributed by atoms with Crippen LogP contribution < -0.4 is 5.32 Å². The van der Waals surface area contributed by atoms with E-state index in [1.54, 1.807) is 24.6 Å². The van der Waals surface area contributed by atoms with Gasteiger partial charge in [-0.2, -0.15) is 0 Å². The van der Waals surface area contributed by atoms with Gasteiger partial charge in [0.1, 0.15) is 17.4 Å². The highest BCUT2D eigenvalue weighted by molar-refractivity contribution is 5.91. The van der Waals surface area contributed by atoms with E-state index in [1.165, 1.54) is 5.56 Å². The van der Waals surface area contributed by atoms with Crippen molar-refractivity contribution in [1.82, 2.24) is 14.9 Å². The number of anilines is 2. The van der Waals surface area contributed by atoms with Gasteiger partial charge < -0.3 is 14.6 Å². The highest BCUT2D eigenvalue weighted by Crippen LogP contribution is 2.23. The molecular weight excluding hydrogens is 364 g/mol. The van der Waals surface area contributed by atoms with Gasteiger partial charge in [-0.3, -0.25) is 4.79 Å². The molecule has 1 saturated heterocycles. The first-order valence-corrected chi connectivity index (χ1v) is 9.90. The maximum absolute atomic E-state index is 12.5. The lowest BCUT2D eigenvalue weighted by molar-refractivity contribution is -0.127. The van der Waals surface area contributed by atoms with E-state index in [4.69, 9.17) is 4.42 Å². The second-order valence-electron chi connectivity index (χ2n) is 7.23. The van der Waals surface area contributed by atoms with Crippen LogP contribution in [0, 0.1) is 5.92 Å². The number of carbonyl (C=O) groups is 1. The van der Waals surface area contributed by atoms with Crippen molar-refractivity contribution >= 4 is 23.6 Å². The summed E-state index contributed by atoms with van der Waals surface area (Å²) in [7, 11) is 0. The average Bonchev–Trinajstić information content (AvgIpc) is 3.27. The van der Waals surface area contributed by atoms with Gasteiger partial charge in [0, 0.05) is 31.6 Å². The summed E-state index contributed by atoms with van der Waals surface area (Å²) in [6.07, 6.45) is 11.6. The number of hydrogen-bond acceptors (Lipinski definition) is 5. The number of pyridine rings is 2. The molecule has 148 valence electrons. The van der Waals surface area contributed by atoms with Crippen LogP contribution >= 0.6 is 0 Å². The lowest BCUT2D eigenvalue weighted by atomic mass is 9.91. The van der Waals surface area contributed by atoms with Crippen molar-refractivity contribution in [1.29, 1.82) is 0 Å². The van der Waals surface area contributed by atoms with Gasteiger partial charge in [0.15, 0.2) is 0 Å². The number of nitrogens with one attached hydrogen (secondary N) is 1. The molecule has 6 heteroatoms. The molecule has 1 fully saturated rings. The molecule has 4 rings (SSSR count). The first kappa shape index (κ1) is 18.9. The van der Waals surface area contributed by atoms with Gasteiger partial charge in [-0.25, -0.2) is 9.97 Å². The number of rotatable bonds is 6. The van der Waals surface area contributed by atoms with Gasteiger partial charge in [0.2, 0.25) is 5.91 Å². The van der Waals surface area contributed by atoms with Crippen LogP contribution in [0.3, 0.4) is 0 Å². The molecule has 0 aromatic carbocycles. The number of carbonyl (C=O) groups excluding carboxylic acids is 1. The predicted octanol–water partition coefficient (Wildman–Crippen LogP) is 4.31. The Morgan fingerprint density at radius 2 is 2.10 bits per heavy atom. The van der Waals surface area contributed by atoms with Gasteiger partial charge in [0.25, 0.3) is 0 Å². The third kappa shape index (κ3) is 5.31. The minimum atomic E-state index is 0.0401. The van der Waals surface area contributed by atoms with Crippen molar-refractivity contribution in [3.63, 3.8) is 0 Å². The Morgan fingerprint density at radius 3 is 2.93 bits per heavy atom. The SMILES string of the molecule is O=C(/C=C/c1ccco1)N1CCC[C@H](Cc2ccnc(Nc3ccccn3)c2)C1. The predicted molar refractivity (Wildman–Crippen MR) is 113 cm³/mol. The van der Waals surface area contributed by atoms with Crippen molar-refractivity contribution in [2.24, 2.45) is 5.92 Å². The molecule has 0 aliphatic carbocycles. The van der Waals surface area contributed by atoms with E-state index in [1.807, 2.05) is 47.5 Å². The summed E-state index contributed by atoms with van der Waals surface area (Å²) in [6, 6.07) is 13.5. The normalized spacial score (nSPS) is 16.8. The minimum absolute atomic E-state index is 0.0401. The fraction of sp³-hybridized carbons (Fsp3) is 0.261. The maximum atomic E-state index is 12.5. The van der Waals surface area contributed by atoms with Gasteiger partial charge >= 0.3 is 0 Å². The summed E-state index contributed by atoms with van der Waals surface area (Å²) < 4.78 is 5.25. The Kier molecular flexibility index (Phi) is 6.00. The van der Waals surface area contributed by atoms with E-state index in [-0.39, 0.29) is 5.91 Å². The number of likely N-dealkylation sites (tertiary alicyclic amines) is 1. The molecule has 0 saturated carbocycles. The molecule has 1 aliphatic heterocycles. The van der Waals surface area contributed by atoms with Crippen molar-refractivity contribution in [3.8, 4) is 0 Å². The van der Waals surface area contributed by atoms with Crippen LogP contribution in [0.1, 0.15) is 24.2 Å². The Bertz CT molecular complexity index is 954. The zero-order valence-electron chi connectivity index (χ0n) is 16.2. The number of amides is 1. The van der Waals surface area contributed by atoms with Crippen LogP contribution in [0.2, 0.25) is 0 Å². The van der Waals surface area contributed by atoms with E-state index in [9.17, 15) is 4.79 Å². The van der Waals surface area contributed by atoms with Crippen LogP contribution in [0.5, 0.6) is 0 Å². The van der Waals surface area contributed by atoms with Crippen LogP contribution in [0.4, 0.5) is 11.6 Å². The lowest BCUT2D eigenvalue weighted by Crippen LogP contribution is -2.39. The fourth-order valence-corrected chi connectivity index (χ4v) is 3.65. The van der Waals surface area contributed by atoms with E-state index >= 15 is 0 Å². The van der Waals surface area contributed by atoms with E-state index in [0.717, 1.165) is 44.0 Å². The molecule has 0 spiro atoms. The summed E-state index contributed by atoms with van der Waals surface area (Å²) >= 11 is 0. The average molecular weight is 388 g/mol. The second-order valence-corrected chi connectivity index (χ2v) is 7.23. The highest BCUT2D eigenvalue weighted by Gasteiger charge is 2.22. The van der Waals surface area contributed by atoms with E-state index in [0.29, 0.717) is 11.7 Å². The molecule has 29 heavy (non-hydrogen) atoms. The number of nitrogens with zero attached hydrogens (tertiary/aromatic N) is 3. The van der Waals surface area contributed by atoms with Crippen molar-refractivity contribution in [3.05, 3.63) is 78.5 Å². The van der Waals surface area contributed by atoms with Crippen molar-refractivity contribution in [2.45, 2.75) is 19.3 Å². The molecule has 0 unspecified atom stereocenters. The van der Waals surface area contributed by atoms with Gasteiger partial charge in [-0.15, -0.1) is 0 Å². The fourth-order valence-electron chi connectivity index (χ4n) is 3.65. The molecule has 3 aromatic heterocycles. The maximum Gasteiger partial charge on any atom is 0.246 e. The first-order valence-electron chi connectivity index (χ1n) is 9.90. The molecule has 6 nitrogen and oxygen atoms in total. The third-order valence-electron chi connectivity index (χ3n) is 5.03. The summed E-state index contributed by atoms with van der Waals surface area (Å²) in [6.45, 7) is 1.58. The number of piperidine rings is 1. The molecule has 3 aromatic rings. The Morgan fingerprint density at radius 1 is 1.17 bits per heavy atom. The summed E-state index contributed by atoms with van der Waals surface area (Å²) in [4.78, 5) is 23.1. The van der Waals surface area contributed by atoms with Crippen molar-refractivity contribution in [2.75, 3.05) is 18.4 Å². The summed E-state index contributed by atoms with van der Waals surface area (Å²) in [5.74, 6) is 2.73. The number of hydrogen-bond donors (Lipinski definition) is 1. The highest BCUT2D eigenvalue weighted by atomic mass is 16.3. The van der Waals surface area contributed by atoms with Crippen LogP contribution in [-0.2, 0) is 11.2 Å². The molecule has 0 bridgehead atoms. The molecular formula is C23H24N4O2. The zero-order chi connectivity index (χ0) is 19.9. The third-order valence-corrected chi connectivity index (χ3v) is 5.03. The standard InChI is InChI=1S/C23H24N4O2/c28-23(9-8-20-6-4-14-29-20)27-13-3-5-19(17-27)15-18-10-12-25-22(16-18)26-21-7-1-2-11-24-21/h1-2,4,6-12,14,16,19H,3,5,13,15,17H2,(H,24,25,26)/b9-8+/t19-/m1/s1. The smallest absolute Gasteiger partial charge is 0.246 e. The van der Waals surface area contributed by atoms with Crippen LogP contribution in [-0.4, -0.2) is 33.9 Å². The largest absolute Gasteiger partial charge is 0.465 e. The quantitative estimate of drug-likeness (QED) is 0.637. The Hall–Kier alpha value is -3.41. The van der Waals surface area contributed by atoms with Crippen LogP contribution in [0.15, 0.2) is 71.6 Å². The molecule has 4 heterocycles. The Labute approximate surface area is 170 Å². The van der Waals surface area contributed by atoms with Gasteiger partial charge in [0.05, 0.1) is 6.26 Å².